The number of nitrogens with one attached hydrogen (secondary N) is 4. The number of hydrogen-bond donors (Lipinski definition) is 4. The summed E-state index contributed by atoms with van der Waals surface area (Å²) in [7, 11) is 0. The predicted octanol–water partition coefficient (Wildman–Crippen LogP) is 6.61. The Hall–Kier alpha value is -5.52. The first-order valence-corrected chi connectivity index (χ1v) is 17.3. The van der Waals surface area contributed by atoms with Gasteiger partial charge in [0.05, 0.1) is 0 Å². The van der Waals surface area contributed by atoms with Crippen LogP contribution >= 0.6 is 0 Å². The topological polar surface area (TPSA) is 148 Å². The molecular formula is C38H50N8O4. The number of amides is 6. The predicted molar refractivity (Wildman–Crippen MR) is 202 cm³/mol. The summed E-state index contributed by atoms with van der Waals surface area (Å²) in [5, 5.41) is 11.6. The third kappa shape index (κ3) is 10.7. The van der Waals surface area contributed by atoms with Gasteiger partial charge in [-0.05, 0) is 113 Å². The third-order valence-corrected chi connectivity index (χ3v) is 7.51. The van der Waals surface area contributed by atoms with E-state index in [1.807, 2.05) is 65.8 Å². The van der Waals surface area contributed by atoms with Gasteiger partial charge >= 0.3 is 12.1 Å². The molecule has 0 saturated heterocycles. The maximum absolute atomic E-state index is 13.0. The molecule has 0 aliphatic heterocycles. The SMILES string of the molecule is CCCNC(=O)N(CC)C(=NCC)c1ccc(NC(=O)c2ccc(C(=O)Nc3ccc(C(=NCC)N(CC)C(=O)NCCC)cc3)cc2)cc1. The summed E-state index contributed by atoms with van der Waals surface area (Å²) in [5.41, 5.74) is 3.45. The number of amidine groups is 2. The van der Waals surface area contributed by atoms with Gasteiger partial charge in [-0.15, -0.1) is 0 Å². The standard InChI is InChI=1S/C38H50N8O4/c1-7-25-41-37(49)45(11-5)33(39-9-3)27-17-21-31(22-18-27)43-35(47)29-13-15-30(16-14-29)36(48)44-32-23-19-28(20-24-32)34(40-10-4)46(12-6)38(50)42-26-8-2/h13-24H,7-12,25-26H2,1-6H3,(H,41,49)(H,42,50)(H,43,47)(H,44,48). The van der Waals surface area contributed by atoms with E-state index < -0.39 is 0 Å². The Morgan fingerprint density at radius 2 is 0.820 bits per heavy atom. The highest BCUT2D eigenvalue weighted by atomic mass is 16.2. The lowest BCUT2D eigenvalue weighted by molar-refractivity contribution is 0.101. The highest BCUT2D eigenvalue weighted by Gasteiger charge is 2.20. The van der Waals surface area contributed by atoms with Crippen LogP contribution < -0.4 is 21.3 Å². The molecule has 0 bridgehead atoms. The highest BCUT2D eigenvalue weighted by molar-refractivity contribution is 6.10. The maximum Gasteiger partial charge on any atom is 0.323 e. The van der Waals surface area contributed by atoms with Crippen LogP contribution in [0.25, 0.3) is 0 Å². The van der Waals surface area contributed by atoms with Crippen molar-refractivity contribution in [2.24, 2.45) is 9.98 Å². The molecule has 4 N–H and O–H groups in total. The number of nitrogens with zero attached hydrogens (tertiary/aromatic N) is 4. The average molecular weight is 683 g/mol. The third-order valence-electron chi connectivity index (χ3n) is 7.51. The first kappa shape index (κ1) is 38.9. The Morgan fingerprint density at radius 3 is 1.10 bits per heavy atom. The summed E-state index contributed by atoms with van der Waals surface area (Å²) < 4.78 is 0. The van der Waals surface area contributed by atoms with E-state index in [0.717, 1.165) is 24.0 Å². The molecule has 0 unspecified atom stereocenters. The van der Waals surface area contributed by atoms with Gasteiger partial charge in [-0.3, -0.25) is 29.4 Å². The van der Waals surface area contributed by atoms with Crippen molar-refractivity contribution in [3.63, 3.8) is 0 Å². The van der Waals surface area contributed by atoms with Gasteiger partial charge in [-0.2, -0.15) is 0 Å². The molecule has 0 spiro atoms. The van der Waals surface area contributed by atoms with E-state index in [1.54, 1.807) is 58.3 Å². The largest absolute Gasteiger partial charge is 0.338 e. The van der Waals surface area contributed by atoms with Gasteiger partial charge in [-0.1, -0.05) is 13.8 Å². The lowest BCUT2D eigenvalue weighted by Crippen LogP contribution is -2.44. The molecule has 0 aliphatic rings. The molecule has 0 aliphatic carbocycles. The number of hydrogen-bond acceptors (Lipinski definition) is 6. The van der Waals surface area contributed by atoms with Crippen molar-refractivity contribution in [3.05, 3.63) is 95.1 Å². The minimum absolute atomic E-state index is 0.200. The monoisotopic (exact) mass is 682 g/mol. The van der Waals surface area contributed by atoms with E-state index in [-0.39, 0.29) is 23.9 Å². The molecule has 0 atom stereocenters. The molecule has 266 valence electrons. The van der Waals surface area contributed by atoms with Crippen LogP contribution in [0, 0.1) is 0 Å². The maximum atomic E-state index is 13.0. The van der Waals surface area contributed by atoms with Crippen LogP contribution in [0.4, 0.5) is 21.0 Å². The smallest absolute Gasteiger partial charge is 0.323 e. The van der Waals surface area contributed by atoms with Crippen molar-refractivity contribution in [2.75, 3.05) is 49.9 Å². The highest BCUT2D eigenvalue weighted by Crippen LogP contribution is 2.17. The molecule has 0 heterocycles. The second-order valence-electron chi connectivity index (χ2n) is 11.2. The minimum atomic E-state index is -0.328. The number of rotatable bonds is 14. The first-order valence-electron chi connectivity index (χ1n) is 17.3. The number of anilines is 2. The normalized spacial score (nSPS) is 11.4. The fourth-order valence-electron chi connectivity index (χ4n) is 4.98. The van der Waals surface area contributed by atoms with Crippen LogP contribution in [-0.2, 0) is 0 Å². The van der Waals surface area contributed by atoms with Crippen LogP contribution in [-0.4, -0.2) is 84.6 Å². The summed E-state index contributed by atoms with van der Waals surface area (Å²) in [6.45, 7) is 14.7. The van der Waals surface area contributed by atoms with Crippen molar-refractivity contribution in [3.8, 4) is 0 Å². The van der Waals surface area contributed by atoms with Gasteiger partial charge in [0, 0.05) is 72.9 Å². The van der Waals surface area contributed by atoms with Gasteiger partial charge in [0.1, 0.15) is 11.7 Å². The van der Waals surface area contributed by atoms with Crippen molar-refractivity contribution in [2.45, 2.75) is 54.4 Å². The van der Waals surface area contributed by atoms with E-state index in [4.69, 9.17) is 0 Å². The van der Waals surface area contributed by atoms with E-state index in [2.05, 4.69) is 31.3 Å². The molecular weight excluding hydrogens is 632 g/mol. The molecule has 3 rings (SSSR count). The number of carbonyl (C=O) groups is 4. The number of benzene rings is 3. The molecule has 3 aromatic carbocycles. The molecule has 12 heteroatoms. The van der Waals surface area contributed by atoms with E-state index in [0.29, 0.717) is 73.4 Å². The Bertz CT molecular complexity index is 1510. The first-order chi connectivity index (χ1) is 24.2. The Balaban J connectivity index is 1.65. The van der Waals surface area contributed by atoms with Crippen LogP contribution in [0.5, 0.6) is 0 Å². The van der Waals surface area contributed by atoms with Gasteiger partial charge < -0.3 is 21.3 Å². The van der Waals surface area contributed by atoms with Crippen LogP contribution in [0.1, 0.15) is 86.2 Å². The fourth-order valence-corrected chi connectivity index (χ4v) is 4.98. The van der Waals surface area contributed by atoms with Crippen LogP contribution in [0.15, 0.2) is 82.8 Å². The van der Waals surface area contributed by atoms with Gasteiger partial charge in [0.25, 0.3) is 11.8 Å². The van der Waals surface area contributed by atoms with E-state index >= 15 is 0 Å². The minimum Gasteiger partial charge on any atom is -0.338 e. The van der Waals surface area contributed by atoms with E-state index in [9.17, 15) is 19.2 Å². The zero-order chi connectivity index (χ0) is 36.5. The van der Waals surface area contributed by atoms with Crippen molar-refractivity contribution in [1.82, 2.24) is 20.4 Å². The number of urea groups is 2. The molecule has 0 fully saturated rings. The van der Waals surface area contributed by atoms with Crippen LogP contribution in [0.2, 0.25) is 0 Å². The fraction of sp³-hybridized carbons (Fsp3) is 0.368. The zero-order valence-electron chi connectivity index (χ0n) is 30.0. The molecule has 6 amide bonds. The second kappa shape index (κ2) is 20.1. The molecule has 0 saturated carbocycles. The van der Waals surface area contributed by atoms with Gasteiger partial charge in [0.15, 0.2) is 0 Å². The van der Waals surface area contributed by atoms with E-state index in [1.165, 1.54) is 0 Å². The molecule has 3 aromatic rings. The Kier molecular flexibility index (Phi) is 15.6. The molecule has 12 nitrogen and oxygen atoms in total. The van der Waals surface area contributed by atoms with Crippen LogP contribution in [0.3, 0.4) is 0 Å². The lowest BCUT2D eigenvalue weighted by Gasteiger charge is -2.23. The van der Waals surface area contributed by atoms with Crippen molar-refractivity contribution >= 4 is 46.9 Å². The summed E-state index contributed by atoms with van der Waals surface area (Å²) in [5.74, 6) is 0.476. The Labute approximate surface area is 295 Å². The Morgan fingerprint density at radius 1 is 0.500 bits per heavy atom. The average Bonchev–Trinajstić information content (AvgIpc) is 3.13. The summed E-state index contributed by atoms with van der Waals surface area (Å²) in [6, 6.07) is 20.3. The van der Waals surface area contributed by atoms with Crippen molar-refractivity contribution < 1.29 is 19.2 Å². The summed E-state index contributed by atoms with van der Waals surface area (Å²) in [4.78, 5) is 63.8. The lowest BCUT2D eigenvalue weighted by atomic mass is 10.1. The number of carbonyl (C=O) groups excluding carboxylic acids is 4. The second-order valence-corrected chi connectivity index (χ2v) is 11.2. The molecule has 0 radical (unpaired) electrons. The molecule has 0 aromatic heterocycles. The zero-order valence-corrected chi connectivity index (χ0v) is 30.0. The van der Waals surface area contributed by atoms with Gasteiger partial charge in [-0.25, -0.2) is 9.59 Å². The number of aliphatic imine (C=N–C) groups is 2. The quantitative estimate of drug-likeness (QED) is 0.112. The van der Waals surface area contributed by atoms with Gasteiger partial charge in [0.2, 0.25) is 0 Å². The summed E-state index contributed by atoms with van der Waals surface area (Å²) >= 11 is 0. The molecule has 50 heavy (non-hydrogen) atoms. The van der Waals surface area contributed by atoms with Crippen molar-refractivity contribution in [1.29, 1.82) is 0 Å². The summed E-state index contributed by atoms with van der Waals surface area (Å²) in [6.07, 6.45) is 1.67.